The molecular weight excluding hydrogens is 720 g/mol. The molecule has 0 aliphatic rings. The molecule has 0 aromatic heterocycles. The van der Waals surface area contributed by atoms with Gasteiger partial charge in [0.05, 0.1) is 51.0 Å². The number of halogens is 4. The Morgan fingerprint density at radius 3 is 1.42 bits per heavy atom. The number of hydrogen-bond acceptors (Lipinski definition) is 6. The van der Waals surface area contributed by atoms with Crippen LogP contribution in [0.25, 0.3) is 0 Å². The van der Waals surface area contributed by atoms with Gasteiger partial charge in [-0.1, -0.05) is 164 Å². The molecule has 0 saturated carbocycles. The maximum Gasteiger partial charge on any atom is 0.340 e. The zero-order chi connectivity index (χ0) is 36.1. The van der Waals surface area contributed by atoms with E-state index in [1.54, 1.807) is 0 Å². The highest BCUT2D eigenvalue weighted by atomic mass is 35.5. The van der Waals surface area contributed by atoms with Gasteiger partial charge < -0.3 is 19.3 Å². The van der Waals surface area contributed by atoms with Crippen LogP contribution in [0.5, 0.6) is 0 Å². The first-order chi connectivity index (χ1) is 24.2. The summed E-state index contributed by atoms with van der Waals surface area (Å²) in [6.07, 6.45) is 4.54. The molecule has 4 aromatic rings. The number of ether oxygens (including phenoxy) is 3. The van der Waals surface area contributed by atoms with Crippen molar-refractivity contribution in [3.8, 4) is 0 Å². The molecule has 1 N–H and O–H groups in total. The van der Waals surface area contributed by atoms with Crippen molar-refractivity contribution < 1.29 is 28.9 Å². The Morgan fingerprint density at radius 2 is 0.980 bits per heavy atom. The summed E-state index contributed by atoms with van der Waals surface area (Å²) in [6, 6.07) is 32.1. The van der Waals surface area contributed by atoms with Gasteiger partial charge in [-0.05, 0) is 23.1 Å². The van der Waals surface area contributed by atoms with E-state index in [0.717, 1.165) is 32.5 Å². The number of esters is 1. The first kappa shape index (κ1) is 41.3. The quantitative estimate of drug-likeness (QED) is 0.0440. The monoisotopic (exact) mass is 761 g/mol. The van der Waals surface area contributed by atoms with E-state index in [9.17, 15) is 14.7 Å². The molecule has 0 heterocycles. The molecule has 0 saturated heterocycles. The van der Waals surface area contributed by atoms with E-state index in [2.05, 4.69) is 103 Å². The highest BCUT2D eigenvalue weighted by Gasteiger charge is 2.29. The minimum atomic E-state index is -1.48. The van der Waals surface area contributed by atoms with E-state index >= 15 is 0 Å². The van der Waals surface area contributed by atoms with Gasteiger partial charge in [-0.3, -0.25) is 4.90 Å². The number of hydrogen-bond donors (Lipinski definition) is 1. The Bertz CT molecular complexity index is 1490. The predicted molar refractivity (Wildman–Crippen MR) is 202 cm³/mol. The second-order valence-corrected chi connectivity index (χ2v) is 12.8. The van der Waals surface area contributed by atoms with Gasteiger partial charge in [-0.15, -0.1) is 0 Å². The third-order valence-corrected chi connectivity index (χ3v) is 9.21. The number of rotatable bonds is 19. The fraction of sp³-hybridized carbons (Fsp3) is 0.333. The number of carboxylic acid groups (broad SMARTS) is 1. The zero-order valence-corrected chi connectivity index (χ0v) is 31.1. The van der Waals surface area contributed by atoms with Gasteiger partial charge >= 0.3 is 11.9 Å². The maximum absolute atomic E-state index is 12.3. The summed E-state index contributed by atoms with van der Waals surface area (Å²) in [5.41, 5.74) is 3.05. The van der Waals surface area contributed by atoms with Crippen LogP contribution in [-0.2, 0) is 33.8 Å². The Balaban J connectivity index is 0.000000277. The third-order valence-electron chi connectivity index (χ3n) is 7.41. The summed E-state index contributed by atoms with van der Waals surface area (Å²) >= 11 is 23.6. The third kappa shape index (κ3) is 14.2. The number of aromatic carboxylic acids is 1. The van der Waals surface area contributed by atoms with Crippen molar-refractivity contribution in [2.45, 2.75) is 52.2 Å². The Labute approximate surface area is 315 Å². The van der Waals surface area contributed by atoms with Crippen LogP contribution in [0, 0.1) is 0 Å². The van der Waals surface area contributed by atoms with Crippen molar-refractivity contribution in [2.24, 2.45) is 0 Å². The van der Waals surface area contributed by atoms with Gasteiger partial charge in [0.25, 0.3) is 0 Å². The van der Waals surface area contributed by atoms with E-state index in [0.29, 0.717) is 19.8 Å². The van der Waals surface area contributed by atoms with Crippen molar-refractivity contribution in [1.29, 1.82) is 0 Å². The van der Waals surface area contributed by atoms with E-state index in [-0.39, 0.29) is 33.3 Å². The summed E-state index contributed by atoms with van der Waals surface area (Å²) in [6.45, 7) is 6.52. The average molecular weight is 764 g/mol. The topological polar surface area (TPSA) is 85.3 Å². The van der Waals surface area contributed by atoms with Gasteiger partial charge in [0, 0.05) is 26.2 Å². The second kappa shape index (κ2) is 23.4. The lowest BCUT2D eigenvalue weighted by atomic mass is 10.1. The first-order valence-corrected chi connectivity index (χ1v) is 18.0. The van der Waals surface area contributed by atoms with Crippen LogP contribution in [0.1, 0.15) is 70.0 Å². The molecule has 0 amide bonds. The molecule has 50 heavy (non-hydrogen) atoms. The van der Waals surface area contributed by atoms with Crippen molar-refractivity contribution in [3.63, 3.8) is 0 Å². The number of nitrogens with zero attached hydrogens (tertiary/aromatic N) is 1. The highest BCUT2D eigenvalue weighted by Crippen LogP contribution is 2.41. The molecule has 0 fully saturated rings. The fourth-order valence-corrected chi connectivity index (χ4v) is 5.95. The smallest absolute Gasteiger partial charge is 0.340 e. The summed E-state index contributed by atoms with van der Waals surface area (Å²) in [5, 5.41) is 8.11. The van der Waals surface area contributed by atoms with Crippen LogP contribution in [0.15, 0.2) is 91.0 Å². The second-order valence-electron chi connectivity index (χ2n) is 11.3. The number of carbonyl (C=O) groups is 2. The summed E-state index contributed by atoms with van der Waals surface area (Å²) < 4.78 is 15.7. The SMILES string of the molecule is CCCCCCOCCOCCOC(=O)c1c(Cl)c(Cl)c(Cl)c(Cl)c1C(=O)O.c1ccc(CN(Cc2ccccc2)Cc2ccccc2)cc1. The normalized spacial score (nSPS) is 10.8. The molecule has 11 heteroatoms. The lowest BCUT2D eigenvalue weighted by Gasteiger charge is -2.23. The molecule has 0 spiro atoms. The molecular formula is C39H43Cl4NO6. The van der Waals surface area contributed by atoms with Crippen molar-refractivity contribution >= 4 is 58.3 Å². The molecule has 0 aliphatic carbocycles. The lowest BCUT2D eigenvalue weighted by Crippen LogP contribution is -2.22. The molecule has 0 atom stereocenters. The van der Waals surface area contributed by atoms with Gasteiger partial charge in [-0.2, -0.15) is 0 Å². The molecule has 0 radical (unpaired) electrons. The zero-order valence-electron chi connectivity index (χ0n) is 28.1. The summed E-state index contributed by atoms with van der Waals surface area (Å²) in [7, 11) is 0. The first-order valence-electron chi connectivity index (χ1n) is 16.5. The largest absolute Gasteiger partial charge is 0.478 e. The summed E-state index contributed by atoms with van der Waals surface area (Å²) in [4.78, 5) is 26.2. The molecule has 0 bridgehead atoms. The minimum absolute atomic E-state index is 0.109. The van der Waals surface area contributed by atoms with Crippen LogP contribution in [0.2, 0.25) is 20.1 Å². The molecule has 4 rings (SSSR count). The standard InChI is InChI=1S/C21H21N.C18H22Cl4O6/c1-4-10-19(11-5-1)16-22(17-20-12-6-2-7-13-20)18-21-14-8-3-9-15-21;1-2-3-4-5-6-26-7-8-27-9-10-28-18(25)12-11(17(23)24)13(19)15(21)16(22)14(12)20/h1-15H,16-18H2;2-10H2,1H3,(H,23,24). The Kier molecular flexibility index (Phi) is 19.3. The van der Waals surface area contributed by atoms with Crippen molar-refractivity contribution in [1.82, 2.24) is 4.90 Å². The number of benzene rings is 4. The van der Waals surface area contributed by atoms with Crippen LogP contribution in [-0.4, -0.2) is 55.0 Å². The highest BCUT2D eigenvalue weighted by molar-refractivity contribution is 6.54. The lowest BCUT2D eigenvalue weighted by molar-refractivity contribution is 0.0140. The van der Waals surface area contributed by atoms with Crippen LogP contribution >= 0.6 is 46.4 Å². The summed E-state index contributed by atoms with van der Waals surface area (Å²) in [5.74, 6) is -2.47. The van der Waals surface area contributed by atoms with Gasteiger partial charge in [-0.25, -0.2) is 9.59 Å². The fourth-order valence-electron chi connectivity index (χ4n) is 4.94. The molecule has 268 valence electrons. The van der Waals surface area contributed by atoms with Crippen molar-refractivity contribution in [3.05, 3.63) is 139 Å². The van der Waals surface area contributed by atoms with Crippen LogP contribution < -0.4 is 0 Å². The molecule has 7 nitrogen and oxygen atoms in total. The Hall–Kier alpha value is -3.14. The van der Waals surface area contributed by atoms with Crippen LogP contribution in [0.3, 0.4) is 0 Å². The number of carboxylic acids is 1. The van der Waals surface area contributed by atoms with E-state index in [4.69, 9.17) is 60.6 Å². The van der Waals surface area contributed by atoms with Crippen LogP contribution in [0.4, 0.5) is 0 Å². The number of unbranched alkanes of at least 4 members (excludes halogenated alkanes) is 3. The minimum Gasteiger partial charge on any atom is -0.478 e. The van der Waals surface area contributed by atoms with Gasteiger partial charge in [0.2, 0.25) is 0 Å². The average Bonchev–Trinajstić information content (AvgIpc) is 3.12. The molecule has 0 aliphatic heterocycles. The van der Waals surface area contributed by atoms with E-state index in [1.807, 2.05) is 0 Å². The van der Waals surface area contributed by atoms with Gasteiger partial charge in [0.15, 0.2) is 0 Å². The van der Waals surface area contributed by atoms with E-state index in [1.165, 1.54) is 29.5 Å². The predicted octanol–water partition coefficient (Wildman–Crippen LogP) is 10.7. The molecule has 4 aromatic carbocycles. The van der Waals surface area contributed by atoms with Gasteiger partial charge in [0.1, 0.15) is 6.61 Å². The number of carbonyl (C=O) groups excluding carboxylic acids is 1. The van der Waals surface area contributed by atoms with E-state index < -0.39 is 23.1 Å². The van der Waals surface area contributed by atoms with Crippen molar-refractivity contribution in [2.75, 3.05) is 33.0 Å². The molecule has 0 unspecified atom stereocenters. The maximum atomic E-state index is 12.3. The Morgan fingerprint density at radius 1 is 0.560 bits per heavy atom.